The quantitative estimate of drug-likeness (QED) is 0.544. The van der Waals surface area contributed by atoms with Gasteiger partial charge in [-0.3, -0.25) is 14.9 Å². The number of urea groups is 1. The summed E-state index contributed by atoms with van der Waals surface area (Å²) in [4.78, 5) is 41.2. The molecular weight excluding hydrogens is 442 g/mol. The van der Waals surface area contributed by atoms with Gasteiger partial charge in [0, 0.05) is 17.1 Å². The number of anilines is 1. The molecule has 1 aliphatic heterocycles. The summed E-state index contributed by atoms with van der Waals surface area (Å²) < 4.78 is 15.8. The minimum atomic E-state index is -0.752. The van der Waals surface area contributed by atoms with Crippen molar-refractivity contribution in [3.05, 3.63) is 46.8 Å². The van der Waals surface area contributed by atoms with Crippen molar-refractivity contribution in [3.63, 3.8) is 0 Å². The number of amides is 3. The number of imide groups is 1. The Hall–Kier alpha value is -3.44. The molecule has 0 saturated carbocycles. The number of hydrogen-bond donors (Lipinski definition) is 2. The molecule has 0 atom stereocenters. The third-order valence-corrected chi connectivity index (χ3v) is 5.96. The Bertz CT molecular complexity index is 1100. The lowest BCUT2D eigenvalue weighted by molar-refractivity contribution is -0.147. The molecule has 0 aliphatic carbocycles. The molecule has 0 bridgehead atoms. The minimum absolute atomic E-state index is 0.0570. The lowest BCUT2D eigenvalue weighted by atomic mass is 10.2. The van der Waals surface area contributed by atoms with Crippen LogP contribution < -0.4 is 20.1 Å². The van der Waals surface area contributed by atoms with Crippen molar-refractivity contribution < 1.29 is 28.6 Å². The molecule has 0 unspecified atom stereocenters. The average Bonchev–Trinajstić information content (AvgIpc) is 3.44. The molecule has 11 heteroatoms. The van der Waals surface area contributed by atoms with Crippen LogP contribution in [0.5, 0.6) is 11.5 Å². The summed E-state index contributed by atoms with van der Waals surface area (Å²) >= 11 is 3.00. The zero-order valence-corrected chi connectivity index (χ0v) is 17.7. The first-order valence-electron chi connectivity index (χ1n) is 9.21. The van der Waals surface area contributed by atoms with Crippen LogP contribution in [-0.4, -0.2) is 42.7 Å². The maximum atomic E-state index is 12.0. The number of aromatic nitrogens is 1. The molecule has 4 rings (SSSR count). The summed E-state index contributed by atoms with van der Waals surface area (Å²) in [6, 6.07) is 8.00. The monoisotopic (exact) mass is 459 g/mol. The molecule has 2 aromatic heterocycles. The fourth-order valence-corrected chi connectivity index (χ4v) is 4.33. The number of thiophene rings is 1. The number of esters is 1. The number of carbonyl (C=O) groups excluding carboxylic acids is 3. The summed E-state index contributed by atoms with van der Waals surface area (Å²) in [6.45, 7) is 0.309. The van der Waals surface area contributed by atoms with E-state index >= 15 is 0 Å². The molecule has 2 N–H and O–H groups in total. The fourth-order valence-electron chi connectivity index (χ4n) is 2.69. The number of fused-ring (bicyclic) bond motifs is 1. The zero-order chi connectivity index (χ0) is 21.6. The predicted octanol–water partition coefficient (Wildman–Crippen LogP) is 3.08. The van der Waals surface area contributed by atoms with Gasteiger partial charge in [-0.15, -0.1) is 22.7 Å². The number of benzene rings is 1. The highest BCUT2D eigenvalue weighted by Gasteiger charge is 2.16. The van der Waals surface area contributed by atoms with E-state index in [2.05, 4.69) is 15.6 Å². The van der Waals surface area contributed by atoms with Gasteiger partial charge in [-0.05, 0) is 23.6 Å². The van der Waals surface area contributed by atoms with Gasteiger partial charge in [0.15, 0.2) is 18.1 Å². The largest absolute Gasteiger partial charge is 0.486 e. The molecule has 0 fully saturated rings. The van der Waals surface area contributed by atoms with Crippen molar-refractivity contribution in [2.24, 2.45) is 0 Å². The number of hydrogen-bond acceptors (Lipinski definition) is 9. The molecule has 0 spiro atoms. The van der Waals surface area contributed by atoms with E-state index < -0.39 is 24.5 Å². The van der Waals surface area contributed by atoms with E-state index in [-0.39, 0.29) is 6.42 Å². The van der Waals surface area contributed by atoms with E-state index in [4.69, 9.17) is 14.2 Å². The first-order chi connectivity index (χ1) is 15.1. The molecule has 1 aliphatic rings. The summed E-state index contributed by atoms with van der Waals surface area (Å²) in [7, 11) is 0. The number of rotatable bonds is 6. The van der Waals surface area contributed by atoms with Crippen LogP contribution in [0.2, 0.25) is 0 Å². The van der Waals surface area contributed by atoms with Gasteiger partial charge in [-0.25, -0.2) is 9.78 Å². The van der Waals surface area contributed by atoms with Gasteiger partial charge in [-0.1, -0.05) is 6.07 Å². The van der Waals surface area contributed by atoms with Gasteiger partial charge >= 0.3 is 12.0 Å². The Labute approximate surface area is 185 Å². The van der Waals surface area contributed by atoms with E-state index in [9.17, 15) is 14.4 Å². The van der Waals surface area contributed by atoms with Gasteiger partial charge in [0.2, 0.25) is 0 Å². The Kier molecular flexibility index (Phi) is 6.43. The highest BCUT2D eigenvalue weighted by molar-refractivity contribution is 7.20. The van der Waals surface area contributed by atoms with Crippen LogP contribution in [0, 0.1) is 0 Å². The van der Waals surface area contributed by atoms with E-state index in [1.165, 1.54) is 11.3 Å². The zero-order valence-electron chi connectivity index (χ0n) is 16.1. The van der Waals surface area contributed by atoms with Crippen molar-refractivity contribution in [2.45, 2.75) is 6.42 Å². The number of carbonyl (C=O) groups is 3. The standard InChI is InChI=1S/C20H17N3O6S2/c24-17(23-20(26)22-12-3-4-14-15(8-12)28-6-5-27-14)10-29-18(25)9-13-11-31-19(21-13)16-2-1-7-30-16/h1-4,7-8,11H,5-6,9-10H2,(H2,22,23,24,26). The molecule has 9 nitrogen and oxygen atoms in total. The number of ether oxygens (including phenoxy) is 3. The normalized spacial score (nSPS) is 12.1. The molecule has 0 radical (unpaired) electrons. The van der Waals surface area contributed by atoms with E-state index in [0.717, 1.165) is 9.88 Å². The summed E-state index contributed by atoms with van der Waals surface area (Å²) in [6.07, 6.45) is -0.0570. The third-order valence-electron chi connectivity index (χ3n) is 4.03. The SMILES string of the molecule is O=C(COC(=O)Cc1csc(-c2cccs2)n1)NC(=O)Nc1ccc2c(c1)OCCO2. The lowest BCUT2D eigenvalue weighted by Gasteiger charge is -2.19. The van der Waals surface area contributed by atoms with Crippen LogP contribution in [0.4, 0.5) is 10.5 Å². The molecule has 1 aromatic carbocycles. The summed E-state index contributed by atoms with van der Waals surface area (Å²) in [5, 5.41) is 9.16. The predicted molar refractivity (Wildman–Crippen MR) is 115 cm³/mol. The first kappa shape index (κ1) is 20.8. The smallest absolute Gasteiger partial charge is 0.325 e. The summed E-state index contributed by atoms with van der Waals surface area (Å²) in [5.74, 6) is -0.261. The second kappa shape index (κ2) is 9.58. The van der Waals surface area contributed by atoms with Crippen LogP contribution in [0.15, 0.2) is 41.1 Å². The third kappa shape index (κ3) is 5.58. The van der Waals surface area contributed by atoms with Crippen molar-refractivity contribution in [3.8, 4) is 21.4 Å². The highest BCUT2D eigenvalue weighted by atomic mass is 32.1. The van der Waals surface area contributed by atoms with Crippen LogP contribution in [-0.2, 0) is 20.7 Å². The topological polar surface area (TPSA) is 116 Å². The van der Waals surface area contributed by atoms with Gasteiger partial charge in [0.05, 0.1) is 17.0 Å². The average molecular weight is 460 g/mol. The van der Waals surface area contributed by atoms with Crippen molar-refractivity contribution >= 4 is 46.3 Å². The van der Waals surface area contributed by atoms with Crippen molar-refractivity contribution in [1.29, 1.82) is 0 Å². The second-order valence-electron chi connectivity index (χ2n) is 6.32. The Morgan fingerprint density at radius 3 is 2.74 bits per heavy atom. The Morgan fingerprint density at radius 2 is 1.94 bits per heavy atom. The second-order valence-corrected chi connectivity index (χ2v) is 8.13. The van der Waals surface area contributed by atoms with Crippen molar-refractivity contribution in [2.75, 3.05) is 25.1 Å². The van der Waals surface area contributed by atoms with Crippen LogP contribution in [0.1, 0.15) is 5.69 Å². The van der Waals surface area contributed by atoms with Gasteiger partial charge in [-0.2, -0.15) is 0 Å². The van der Waals surface area contributed by atoms with Crippen LogP contribution in [0.3, 0.4) is 0 Å². The Balaban J connectivity index is 1.21. The highest BCUT2D eigenvalue weighted by Crippen LogP contribution is 2.32. The lowest BCUT2D eigenvalue weighted by Crippen LogP contribution is -2.37. The Morgan fingerprint density at radius 1 is 1.10 bits per heavy atom. The van der Waals surface area contributed by atoms with Crippen LogP contribution >= 0.6 is 22.7 Å². The maximum Gasteiger partial charge on any atom is 0.325 e. The number of nitrogens with zero attached hydrogens (tertiary/aromatic N) is 1. The first-order valence-corrected chi connectivity index (χ1v) is 11.0. The number of thiazole rings is 1. The fraction of sp³-hybridized carbons (Fsp3) is 0.200. The maximum absolute atomic E-state index is 12.0. The van der Waals surface area contributed by atoms with Gasteiger partial charge < -0.3 is 19.5 Å². The van der Waals surface area contributed by atoms with Crippen LogP contribution in [0.25, 0.3) is 9.88 Å². The minimum Gasteiger partial charge on any atom is -0.486 e. The molecule has 3 aromatic rings. The van der Waals surface area contributed by atoms with Crippen molar-refractivity contribution in [1.82, 2.24) is 10.3 Å². The van der Waals surface area contributed by atoms with Gasteiger partial charge in [0.25, 0.3) is 5.91 Å². The molecule has 31 heavy (non-hydrogen) atoms. The molecule has 0 saturated heterocycles. The molecule has 3 amide bonds. The summed E-state index contributed by atoms with van der Waals surface area (Å²) in [5.41, 5.74) is 0.992. The van der Waals surface area contributed by atoms with E-state index in [1.807, 2.05) is 17.5 Å². The molecule has 3 heterocycles. The van der Waals surface area contributed by atoms with E-state index in [1.54, 1.807) is 34.9 Å². The molecular formula is C20H17N3O6S2. The molecule has 160 valence electrons. The van der Waals surface area contributed by atoms with E-state index in [0.29, 0.717) is 36.1 Å². The number of nitrogens with one attached hydrogen (secondary N) is 2. The van der Waals surface area contributed by atoms with Gasteiger partial charge in [0.1, 0.15) is 18.2 Å².